The molecule has 13 heavy (non-hydrogen) atoms. The maximum atomic E-state index is 10.5. The Bertz CT molecular complexity index is 375. The summed E-state index contributed by atoms with van der Waals surface area (Å²) in [6.45, 7) is 0. The number of ether oxygens (including phenoxy) is 1. The molecule has 1 N–H and O–H groups in total. The number of pyridine rings is 1. The van der Waals surface area contributed by atoms with Gasteiger partial charge in [0.2, 0.25) is 12.0 Å². The van der Waals surface area contributed by atoms with Gasteiger partial charge in [-0.15, -0.1) is 0 Å². The minimum Gasteiger partial charge on any atom is -0.478 e. The van der Waals surface area contributed by atoms with Gasteiger partial charge in [-0.2, -0.15) is 0 Å². The third-order valence-corrected chi connectivity index (χ3v) is 1.58. The zero-order valence-corrected chi connectivity index (χ0v) is 6.54. The number of nitrogens with zero attached hydrogens (tertiary/aromatic N) is 2. The highest BCUT2D eigenvalue weighted by Gasteiger charge is 2.22. The number of fused-ring (bicyclic) bond motifs is 1. The summed E-state index contributed by atoms with van der Waals surface area (Å²) in [4.78, 5) is 18.3. The van der Waals surface area contributed by atoms with Gasteiger partial charge in [0, 0.05) is 6.20 Å². The molecule has 0 radical (unpaired) electrons. The van der Waals surface area contributed by atoms with Crippen LogP contribution >= 0.6 is 0 Å². The third kappa shape index (κ3) is 1.35. The monoisotopic (exact) mass is 178 g/mol. The van der Waals surface area contributed by atoms with E-state index < -0.39 is 12.1 Å². The van der Waals surface area contributed by atoms with Crippen molar-refractivity contribution in [1.29, 1.82) is 0 Å². The van der Waals surface area contributed by atoms with Crippen LogP contribution in [0, 0.1) is 0 Å². The molecule has 5 heteroatoms. The van der Waals surface area contributed by atoms with Gasteiger partial charge in [-0.25, -0.2) is 9.78 Å². The highest BCUT2D eigenvalue weighted by Crippen LogP contribution is 2.27. The van der Waals surface area contributed by atoms with E-state index in [0.717, 1.165) is 0 Å². The summed E-state index contributed by atoms with van der Waals surface area (Å²) in [6.07, 6.45) is 1.74. The van der Waals surface area contributed by atoms with Crippen LogP contribution in [-0.2, 0) is 4.79 Å². The van der Waals surface area contributed by atoms with Crippen molar-refractivity contribution in [3.8, 4) is 5.88 Å². The van der Waals surface area contributed by atoms with Crippen LogP contribution in [0.15, 0.2) is 23.3 Å². The van der Waals surface area contributed by atoms with Gasteiger partial charge in [0.1, 0.15) is 5.69 Å². The lowest BCUT2D eigenvalue weighted by molar-refractivity contribution is -0.141. The Morgan fingerprint density at radius 3 is 3.23 bits per heavy atom. The average molecular weight is 178 g/mol. The van der Waals surface area contributed by atoms with E-state index in [4.69, 9.17) is 9.84 Å². The summed E-state index contributed by atoms with van der Waals surface area (Å²) in [5.41, 5.74) is 0.556. The highest BCUT2D eigenvalue weighted by molar-refractivity contribution is 5.94. The molecule has 1 aromatic rings. The second kappa shape index (κ2) is 2.85. The number of carboxylic acid groups (broad SMARTS) is 1. The van der Waals surface area contributed by atoms with Crippen molar-refractivity contribution in [2.45, 2.75) is 6.10 Å². The van der Waals surface area contributed by atoms with E-state index in [0.29, 0.717) is 5.69 Å². The first kappa shape index (κ1) is 7.72. The first-order valence-corrected chi connectivity index (χ1v) is 3.66. The van der Waals surface area contributed by atoms with Crippen molar-refractivity contribution in [2.75, 3.05) is 0 Å². The van der Waals surface area contributed by atoms with E-state index in [1.807, 2.05) is 0 Å². The quantitative estimate of drug-likeness (QED) is 0.684. The SMILES string of the molecule is O=C(O)C1C=Nc2cccnc2O1. The van der Waals surface area contributed by atoms with E-state index in [1.54, 1.807) is 12.1 Å². The molecular formula is C8H6N2O3. The molecule has 1 atom stereocenters. The standard InChI is InChI=1S/C8H6N2O3/c11-8(12)6-4-10-5-2-1-3-9-7(5)13-6/h1-4,6H,(H,11,12). The van der Waals surface area contributed by atoms with Crippen molar-refractivity contribution in [3.05, 3.63) is 18.3 Å². The number of carboxylic acids is 1. The van der Waals surface area contributed by atoms with Gasteiger partial charge in [0.05, 0.1) is 6.21 Å². The lowest BCUT2D eigenvalue weighted by Crippen LogP contribution is -2.30. The highest BCUT2D eigenvalue weighted by atomic mass is 16.5. The van der Waals surface area contributed by atoms with E-state index in [9.17, 15) is 4.79 Å². The molecule has 1 unspecified atom stereocenters. The van der Waals surface area contributed by atoms with Gasteiger partial charge in [-0.05, 0) is 12.1 Å². The number of aliphatic carboxylic acids is 1. The molecule has 0 spiro atoms. The number of hydrogen-bond acceptors (Lipinski definition) is 4. The Morgan fingerprint density at radius 2 is 2.46 bits per heavy atom. The van der Waals surface area contributed by atoms with E-state index >= 15 is 0 Å². The normalized spacial score (nSPS) is 18.9. The van der Waals surface area contributed by atoms with Gasteiger partial charge in [0.15, 0.2) is 0 Å². The van der Waals surface area contributed by atoms with Crippen LogP contribution in [0.3, 0.4) is 0 Å². The van der Waals surface area contributed by atoms with Crippen LogP contribution in [0.1, 0.15) is 0 Å². The second-order valence-corrected chi connectivity index (χ2v) is 2.48. The first-order valence-electron chi connectivity index (χ1n) is 3.66. The lowest BCUT2D eigenvalue weighted by atomic mass is 10.3. The molecular weight excluding hydrogens is 172 g/mol. The maximum absolute atomic E-state index is 10.5. The summed E-state index contributed by atoms with van der Waals surface area (Å²) in [7, 11) is 0. The molecule has 2 rings (SSSR count). The van der Waals surface area contributed by atoms with Crippen molar-refractivity contribution >= 4 is 17.9 Å². The number of hydrogen-bond donors (Lipinski definition) is 1. The summed E-state index contributed by atoms with van der Waals surface area (Å²) in [6, 6.07) is 3.41. The molecule has 1 aromatic heterocycles. The van der Waals surface area contributed by atoms with Gasteiger partial charge >= 0.3 is 5.97 Å². The summed E-state index contributed by atoms with van der Waals surface area (Å²) < 4.78 is 5.03. The average Bonchev–Trinajstić information content (AvgIpc) is 2.17. The summed E-state index contributed by atoms with van der Waals surface area (Å²) in [5, 5.41) is 8.62. The summed E-state index contributed by atoms with van der Waals surface area (Å²) in [5.74, 6) is -0.808. The largest absolute Gasteiger partial charge is 0.478 e. The Balaban J connectivity index is 2.34. The number of aromatic nitrogens is 1. The Morgan fingerprint density at radius 1 is 1.62 bits per heavy atom. The molecule has 0 bridgehead atoms. The third-order valence-electron chi connectivity index (χ3n) is 1.58. The molecule has 0 aliphatic carbocycles. The van der Waals surface area contributed by atoms with Gasteiger partial charge < -0.3 is 9.84 Å². The van der Waals surface area contributed by atoms with E-state index in [2.05, 4.69) is 9.98 Å². The number of carbonyl (C=O) groups is 1. The fourth-order valence-electron chi connectivity index (χ4n) is 0.984. The van der Waals surface area contributed by atoms with Crippen molar-refractivity contribution in [3.63, 3.8) is 0 Å². The van der Waals surface area contributed by atoms with Crippen LogP contribution in [-0.4, -0.2) is 28.4 Å². The molecule has 5 nitrogen and oxygen atoms in total. The molecule has 0 saturated heterocycles. The predicted molar refractivity (Wildman–Crippen MR) is 44.4 cm³/mol. The Kier molecular flexibility index (Phi) is 1.70. The van der Waals surface area contributed by atoms with Crippen molar-refractivity contribution < 1.29 is 14.6 Å². The molecule has 0 aromatic carbocycles. The van der Waals surface area contributed by atoms with E-state index in [1.165, 1.54) is 12.4 Å². The number of aliphatic imine (C=N–C) groups is 1. The van der Waals surface area contributed by atoms with Crippen LogP contribution in [0.25, 0.3) is 0 Å². The van der Waals surface area contributed by atoms with Gasteiger partial charge in [-0.1, -0.05) is 0 Å². The molecule has 1 aliphatic rings. The number of rotatable bonds is 1. The van der Waals surface area contributed by atoms with Crippen LogP contribution in [0.4, 0.5) is 5.69 Å². The lowest BCUT2D eigenvalue weighted by Gasteiger charge is -2.15. The smallest absolute Gasteiger partial charge is 0.350 e. The van der Waals surface area contributed by atoms with Crippen LogP contribution in [0.2, 0.25) is 0 Å². The molecule has 2 heterocycles. The van der Waals surface area contributed by atoms with Crippen LogP contribution in [0.5, 0.6) is 5.88 Å². The fraction of sp³-hybridized carbons (Fsp3) is 0.125. The fourth-order valence-corrected chi connectivity index (χ4v) is 0.984. The Hall–Kier alpha value is -1.91. The maximum Gasteiger partial charge on any atom is 0.350 e. The Labute approximate surface area is 73.7 Å². The van der Waals surface area contributed by atoms with E-state index in [-0.39, 0.29) is 5.88 Å². The van der Waals surface area contributed by atoms with Crippen molar-refractivity contribution in [2.24, 2.45) is 4.99 Å². The minimum absolute atomic E-state index is 0.261. The van der Waals surface area contributed by atoms with Crippen LogP contribution < -0.4 is 4.74 Å². The molecule has 1 aliphatic heterocycles. The molecule has 0 fully saturated rings. The zero-order valence-electron chi connectivity index (χ0n) is 6.54. The van der Waals surface area contributed by atoms with Gasteiger partial charge in [0.25, 0.3) is 0 Å². The zero-order chi connectivity index (χ0) is 9.26. The van der Waals surface area contributed by atoms with Gasteiger partial charge in [-0.3, -0.25) is 4.99 Å². The molecule has 0 amide bonds. The van der Waals surface area contributed by atoms with Crippen molar-refractivity contribution in [1.82, 2.24) is 4.98 Å². The second-order valence-electron chi connectivity index (χ2n) is 2.48. The molecule has 0 saturated carbocycles. The molecule has 66 valence electrons. The topological polar surface area (TPSA) is 71.8 Å². The predicted octanol–water partition coefficient (Wildman–Crippen LogP) is 0.629. The first-order chi connectivity index (χ1) is 6.27. The summed E-state index contributed by atoms with van der Waals surface area (Å²) >= 11 is 0. The minimum atomic E-state index is -1.07.